The number of hydrogen-bond donors (Lipinski definition) is 1. The topological polar surface area (TPSA) is 84.9 Å². The Morgan fingerprint density at radius 2 is 1.71 bits per heavy atom. The fourth-order valence-electron chi connectivity index (χ4n) is 5.12. The summed E-state index contributed by atoms with van der Waals surface area (Å²) in [4.78, 5) is 43.0. The number of thioether (sulfide) groups is 1. The van der Waals surface area contributed by atoms with Gasteiger partial charge in [0, 0.05) is 63.6 Å². The molecule has 2 fully saturated rings. The number of para-hydroxylation sites is 1. The highest BCUT2D eigenvalue weighted by Crippen LogP contribution is 2.27. The number of aromatic nitrogens is 2. The number of rotatable bonds is 6. The number of anilines is 3. The van der Waals surface area contributed by atoms with E-state index in [4.69, 9.17) is 28.2 Å². The maximum absolute atomic E-state index is 13.0. The standard InChI is InChI=1S/C29H33Cl2N7O2S/c1-20-6-5-7-22(16-20)32-29(40)38-15-14-37(18-21(38)2)26-17-25(31)33-28(34-26)41-19-27(39)36-12-10-35(11-13-36)24-9-4-3-8-23(24)30/h3-9,16-17,21H,10-15,18-19H2,1-2H3,(H,32,40). The van der Waals surface area contributed by atoms with Gasteiger partial charge in [-0.3, -0.25) is 4.79 Å². The molecule has 1 N–H and O–H groups in total. The predicted molar refractivity (Wildman–Crippen MR) is 167 cm³/mol. The SMILES string of the molecule is Cc1cccc(NC(=O)N2CCN(c3cc(Cl)nc(SCC(=O)N4CCN(c5ccccc5Cl)CC4)n3)CC2C)c1. The third-order valence-electron chi connectivity index (χ3n) is 7.29. The summed E-state index contributed by atoms with van der Waals surface area (Å²) in [6, 6.07) is 17.1. The van der Waals surface area contributed by atoms with Gasteiger partial charge in [0.05, 0.1) is 16.5 Å². The van der Waals surface area contributed by atoms with Gasteiger partial charge in [0.1, 0.15) is 11.0 Å². The van der Waals surface area contributed by atoms with Gasteiger partial charge in [-0.1, -0.05) is 59.2 Å². The number of carbonyl (C=O) groups excluding carboxylic acids is 2. The highest BCUT2D eigenvalue weighted by atomic mass is 35.5. The van der Waals surface area contributed by atoms with Crippen LogP contribution in [0.5, 0.6) is 0 Å². The van der Waals surface area contributed by atoms with E-state index in [0.717, 1.165) is 35.1 Å². The first-order chi connectivity index (χ1) is 19.8. The molecule has 12 heteroatoms. The summed E-state index contributed by atoms with van der Waals surface area (Å²) in [6.45, 7) is 8.49. The zero-order valence-electron chi connectivity index (χ0n) is 23.1. The van der Waals surface area contributed by atoms with Gasteiger partial charge in [-0.2, -0.15) is 0 Å². The summed E-state index contributed by atoms with van der Waals surface area (Å²) in [7, 11) is 0. The molecule has 1 aromatic heterocycles. The number of nitrogens with zero attached hydrogens (tertiary/aromatic N) is 6. The summed E-state index contributed by atoms with van der Waals surface area (Å²) in [5.41, 5.74) is 2.87. The molecule has 0 radical (unpaired) electrons. The number of urea groups is 1. The number of piperazine rings is 2. The van der Waals surface area contributed by atoms with Crippen molar-refractivity contribution in [2.75, 3.05) is 66.7 Å². The van der Waals surface area contributed by atoms with Gasteiger partial charge in [-0.15, -0.1) is 0 Å². The molecule has 0 spiro atoms. The maximum Gasteiger partial charge on any atom is 0.322 e. The van der Waals surface area contributed by atoms with Crippen molar-refractivity contribution in [2.45, 2.75) is 25.0 Å². The van der Waals surface area contributed by atoms with Crippen molar-refractivity contribution >= 4 is 64.1 Å². The second-order valence-corrected chi connectivity index (χ2v) is 12.0. The van der Waals surface area contributed by atoms with Gasteiger partial charge in [0.15, 0.2) is 5.16 Å². The van der Waals surface area contributed by atoms with E-state index in [0.29, 0.717) is 48.9 Å². The molecular weight excluding hydrogens is 581 g/mol. The van der Waals surface area contributed by atoms with Gasteiger partial charge in [-0.25, -0.2) is 14.8 Å². The van der Waals surface area contributed by atoms with Crippen molar-refractivity contribution in [3.63, 3.8) is 0 Å². The van der Waals surface area contributed by atoms with Crippen LogP contribution >= 0.6 is 35.0 Å². The van der Waals surface area contributed by atoms with Crippen LogP contribution in [0.1, 0.15) is 12.5 Å². The molecular formula is C29H33Cl2N7O2S. The van der Waals surface area contributed by atoms with E-state index in [9.17, 15) is 9.59 Å². The molecule has 0 bridgehead atoms. The molecule has 1 unspecified atom stereocenters. The molecule has 216 valence electrons. The normalized spacial score (nSPS) is 17.5. The summed E-state index contributed by atoms with van der Waals surface area (Å²) >= 11 is 14.0. The minimum absolute atomic E-state index is 0.0376. The van der Waals surface area contributed by atoms with Gasteiger partial charge < -0.3 is 24.9 Å². The summed E-state index contributed by atoms with van der Waals surface area (Å²) in [5, 5.41) is 4.50. The number of halogens is 2. The van der Waals surface area contributed by atoms with Crippen LogP contribution in [-0.4, -0.2) is 89.3 Å². The van der Waals surface area contributed by atoms with Crippen LogP contribution in [0, 0.1) is 6.92 Å². The number of amides is 3. The second-order valence-electron chi connectivity index (χ2n) is 10.2. The average molecular weight is 615 g/mol. The number of benzene rings is 2. The molecule has 5 rings (SSSR count). The minimum atomic E-state index is -0.120. The summed E-state index contributed by atoms with van der Waals surface area (Å²) in [5.74, 6) is 0.967. The van der Waals surface area contributed by atoms with Crippen LogP contribution in [-0.2, 0) is 4.79 Å². The van der Waals surface area contributed by atoms with Crippen molar-refractivity contribution in [1.29, 1.82) is 0 Å². The molecule has 1 atom stereocenters. The van der Waals surface area contributed by atoms with Crippen molar-refractivity contribution in [1.82, 2.24) is 19.8 Å². The van der Waals surface area contributed by atoms with E-state index < -0.39 is 0 Å². The number of hydrogen-bond acceptors (Lipinski definition) is 7. The van der Waals surface area contributed by atoms with Crippen LogP contribution in [0.4, 0.5) is 22.0 Å². The summed E-state index contributed by atoms with van der Waals surface area (Å²) < 4.78 is 0. The quantitative estimate of drug-likeness (QED) is 0.230. The first kappa shape index (κ1) is 29.3. The Balaban J connectivity index is 1.13. The van der Waals surface area contributed by atoms with E-state index in [1.165, 1.54) is 11.8 Å². The van der Waals surface area contributed by atoms with Gasteiger partial charge in [0.25, 0.3) is 0 Å². The van der Waals surface area contributed by atoms with Crippen LogP contribution in [0.3, 0.4) is 0 Å². The summed E-state index contributed by atoms with van der Waals surface area (Å²) in [6.07, 6.45) is 0. The van der Waals surface area contributed by atoms with Crippen LogP contribution in [0.15, 0.2) is 59.8 Å². The van der Waals surface area contributed by atoms with E-state index in [-0.39, 0.29) is 23.7 Å². The van der Waals surface area contributed by atoms with Crippen LogP contribution in [0.25, 0.3) is 0 Å². The van der Waals surface area contributed by atoms with Crippen LogP contribution < -0.4 is 15.1 Å². The van der Waals surface area contributed by atoms with E-state index in [1.54, 1.807) is 6.07 Å². The van der Waals surface area contributed by atoms with Gasteiger partial charge >= 0.3 is 6.03 Å². The predicted octanol–water partition coefficient (Wildman–Crippen LogP) is 5.28. The van der Waals surface area contributed by atoms with E-state index >= 15 is 0 Å². The number of carbonyl (C=O) groups is 2. The highest BCUT2D eigenvalue weighted by Gasteiger charge is 2.29. The van der Waals surface area contributed by atoms with Crippen molar-refractivity contribution in [3.05, 3.63) is 70.3 Å². The molecule has 41 heavy (non-hydrogen) atoms. The molecule has 3 heterocycles. The third kappa shape index (κ3) is 7.36. The van der Waals surface area contributed by atoms with E-state index in [2.05, 4.69) is 20.1 Å². The smallest absolute Gasteiger partial charge is 0.322 e. The van der Waals surface area contributed by atoms with Crippen molar-refractivity contribution in [3.8, 4) is 0 Å². The lowest BCUT2D eigenvalue weighted by atomic mass is 10.2. The molecule has 2 aromatic carbocycles. The first-order valence-corrected chi connectivity index (χ1v) is 15.3. The Hall–Kier alpha value is -3.21. The van der Waals surface area contributed by atoms with Crippen molar-refractivity contribution in [2.24, 2.45) is 0 Å². The third-order valence-corrected chi connectivity index (χ3v) is 8.64. The molecule has 9 nitrogen and oxygen atoms in total. The Morgan fingerprint density at radius 1 is 0.951 bits per heavy atom. The highest BCUT2D eigenvalue weighted by molar-refractivity contribution is 7.99. The largest absolute Gasteiger partial charge is 0.367 e. The second kappa shape index (κ2) is 13.2. The lowest BCUT2D eigenvalue weighted by Crippen LogP contribution is -2.55. The Labute approximate surface area is 254 Å². The molecule has 0 aliphatic carbocycles. The average Bonchev–Trinajstić information content (AvgIpc) is 2.96. The minimum Gasteiger partial charge on any atom is -0.367 e. The Bertz CT molecular complexity index is 1400. The van der Waals surface area contributed by atoms with Gasteiger partial charge in [0.2, 0.25) is 5.91 Å². The Morgan fingerprint density at radius 3 is 2.44 bits per heavy atom. The fourth-order valence-corrected chi connectivity index (χ4v) is 6.36. The zero-order valence-corrected chi connectivity index (χ0v) is 25.4. The fraction of sp³-hybridized carbons (Fsp3) is 0.379. The molecule has 3 amide bonds. The molecule has 3 aromatic rings. The number of nitrogens with one attached hydrogen (secondary N) is 1. The van der Waals surface area contributed by atoms with Crippen molar-refractivity contribution < 1.29 is 9.59 Å². The molecule has 2 aliphatic rings. The lowest BCUT2D eigenvalue weighted by molar-refractivity contribution is -0.128. The van der Waals surface area contributed by atoms with E-state index in [1.807, 2.05) is 72.2 Å². The van der Waals surface area contributed by atoms with Crippen LogP contribution in [0.2, 0.25) is 10.2 Å². The zero-order chi connectivity index (χ0) is 28.9. The monoisotopic (exact) mass is 613 g/mol. The van der Waals surface area contributed by atoms with Gasteiger partial charge in [-0.05, 0) is 43.7 Å². The Kier molecular flexibility index (Phi) is 9.42. The molecule has 0 saturated carbocycles. The first-order valence-electron chi connectivity index (χ1n) is 13.6. The lowest BCUT2D eigenvalue weighted by Gasteiger charge is -2.40. The molecule has 2 saturated heterocycles. The number of aryl methyl sites for hydroxylation is 1. The maximum atomic E-state index is 13.0. The molecule has 2 aliphatic heterocycles.